The molecule has 27 heavy (non-hydrogen) atoms. The van der Waals surface area contributed by atoms with E-state index in [2.05, 4.69) is 112 Å². The van der Waals surface area contributed by atoms with E-state index >= 15 is 0 Å². The summed E-state index contributed by atoms with van der Waals surface area (Å²) in [5.41, 5.74) is 3.74. The van der Waals surface area contributed by atoms with Crippen molar-refractivity contribution in [2.24, 2.45) is 0 Å². The third kappa shape index (κ3) is 2.28. The van der Waals surface area contributed by atoms with Crippen LogP contribution in [-0.2, 0) is 0 Å². The van der Waals surface area contributed by atoms with E-state index in [0.29, 0.717) is 0 Å². The Morgan fingerprint density at radius 2 is 1.33 bits per heavy atom. The quantitative estimate of drug-likeness (QED) is 0.214. The normalized spacial score (nSPS) is 11.9. The fourth-order valence-electron chi connectivity index (χ4n) is 4.08. The van der Waals surface area contributed by atoms with Crippen molar-refractivity contribution in [1.82, 2.24) is 4.57 Å². The van der Waals surface area contributed by atoms with Gasteiger partial charge in [0, 0.05) is 40.2 Å². The molecule has 0 unspecified atom stereocenters. The van der Waals surface area contributed by atoms with Gasteiger partial charge in [-0.3, -0.25) is 0 Å². The highest BCUT2D eigenvalue weighted by molar-refractivity contribution is 14.1. The molecule has 4 aromatic carbocycles. The number of nitrogens with zero attached hydrogens (tertiary/aromatic N) is 1. The Morgan fingerprint density at radius 1 is 0.593 bits per heavy atom. The van der Waals surface area contributed by atoms with Gasteiger partial charge in [0.25, 0.3) is 0 Å². The van der Waals surface area contributed by atoms with Gasteiger partial charge in [-0.1, -0.05) is 36.4 Å². The molecule has 0 fully saturated rings. The van der Waals surface area contributed by atoms with Crippen LogP contribution in [0.4, 0.5) is 0 Å². The Bertz CT molecular complexity index is 1490. The van der Waals surface area contributed by atoms with Gasteiger partial charge >= 0.3 is 0 Å². The first kappa shape index (κ1) is 15.7. The summed E-state index contributed by atoms with van der Waals surface area (Å²) in [6.45, 7) is 0. The number of fused-ring (bicyclic) bond motifs is 6. The maximum Gasteiger partial charge on any atom is 0.0541 e. The smallest absolute Gasteiger partial charge is 0.0541 e. The molecule has 6 aromatic rings. The van der Waals surface area contributed by atoms with Gasteiger partial charge in [0.05, 0.1) is 11.0 Å². The zero-order valence-corrected chi connectivity index (χ0v) is 17.3. The molecule has 0 radical (unpaired) electrons. The predicted molar refractivity (Wildman–Crippen MR) is 126 cm³/mol. The molecule has 128 valence electrons. The van der Waals surface area contributed by atoms with Crippen LogP contribution in [0.2, 0.25) is 0 Å². The molecule has 1 nitrogen and oxygen atoms in total. The second kappa shape index (κ2) is 5.81. The first-order valence-electron chi connectivity index (χ1n) is 8.90. The zero-order chi connectivity index (χ0) is 18.0. The number of thiophene rings is 1. The summed E-state index contributed by atoms with van der Waals surface area (Å²) < 4.78 is 6.35. The van der Waals surface area contributed by atoms with Crippen LogP contribution in [0.1, 0.15) is 0 Å². The topological polar surface area (TPSA) is 4.93 Å². The number of rotatable bonds is 1. The standard InChI is InChI=1S/C24H14INS/c25-15-9-11-22-19(13-15)17-5-1-3-7-21(17)26(22)16-10-12-24-20(14-16)18-6-2-4-8-23(18)27-24/h1-14H. The van der Waals surface area contributed by atoms with Crippen LogP contribution in [0, 0.1) is 3.57 Å². The van der Waals surface area contributed by atoms with E-state index in [1.165, 1.54) is 51.2 Å². The van der Waals surface area contributed by atoms with Crippen molar-refractivity contribution in [3.05, 3.63) is 88.5 Å². The van der Waals surface area contributed by atoms with Crippen molar-refractivity contribution in [1.29, 1.82) is 0 Å². The van der Waals surface area contributed by atoms with Gasteiger partial charge < -0.3 is 4.57 Å². The summed E-state index contributed by atoms with van der Waals surface area (Å²) in [7, 11) is 0. The summed E-state index contributed by atoms with van der Waals surface area (Å²) >= 11 is 4.26. The molecule has 0 aliphatic carbocycles. The lowest BCUT2D eigenvalue weighted by atomic mass is 10.1. The maximum atomic E-state index is 2.40. The molecule has 6 rings (SSSR count). The van der Waals surface area contributed by atoms with Crippen molar-refractivity contribution in [3.63, 3.8) is 0 Å². The van der Waals surface area contributed by atoms with Gasteiger partial charge in [0.2, 0.25) is 0 Å². The van der Waals surface area contributed by atoms with E-state index in [9.17, 15) is 0 Å². The SMILES string of the molecule is Ic1ccc2c(c1)c1ccccc1n2-c1ccc2sc3ccccc3c2c1. The maximum absolute atomic E-state index is 2.40. The van der Waals surface area contributed by atoms with Crippen molar-refractivity contribution in [3.8, 4) is 5.69 Å². The second-order valence-corrected chi connectivity index (χ2v) is 9.12. The Kier molecular flexibility index (Phi) is 3.37. The largest absolute Gasteiger partial charge is 0.309 e. The summed E-state index contributed by atoms with van der Waals surface area (Å²) in [6.07, 6.45) is 0. The van der Waals surface area contributed by atoms with E-state index in [-0.39, 0.29) is 0 Å². The van der Waals surface area contributed by atoms with Crippen molar-refractivity contribution in [2.45, 2.75) is 0 Å². The molecule has 0 aliphatic heterocycles. The summed E-state index contributed by atoms with van der Waals surface area (Å²) in [4.78, 5) is 0. The van der Waals surface area contributed by atoms with Crippen molar-refractivity contribution >= 4 is 75.9 Å². The fraction of sp³-hybridized carbons (Fsp3) is 0. The highest BCUT2D eigenvalue weighted by Crippen LogP contribution is 2.37. The Hall–Kier alpha value is -2.37. The Morgan fingerprint density at radius 3 is 2.26 bits per heavy atom. The number of halogens is 1. The summed E-state index contributed by atoms with van der Waals surface area (Å²) in [5, 5.41) is 5.30. The lowest BCUT2D eigenvalue weighted by Crippen LogP contribution is -1.93. The molecule has 0 aliphatic rings. The van der Waals surface area contributed by atoms with E-state index in [0.717, 1.165) is 0 Å². The minimum Gasteiger partial charge on any atom is -0.309 e. The van der Waals surface area contributed by atoms with Crippen molar-refractivity contribution in [2.75, 3.05) is 0 Å². The number of hydrogen-bond donors (Lipinski definition) is 0. The Labute approximate surface area is 174 Å². The number of para-hydroxylation sites is 1. The number of aromatic nitrogens is 1. The molecular formula is C24H14INS. The molecule has 0 amide bonds. The van der Waals surface area contributed by atoms with Crippen LogP contribution in [0.25, 0.3) is 47.7 Å². The molecular weight excluding hydrogens is 461 g/mol. The van der Waals surface area contributed by atoms with E-state index in [1.807, 2.05) is 11.3 Å². The van der Waals surface area contributed by atoms with Crippen molar-refractivity contribution < 1.29 is 0 Å². The average Bonchev–Trinajstić information content (AvgIpc) is 3.23. The lowest BCUT2D eigenvalue weighted by Gasteiger charge is -2.08. The van der Waals surface area contributed by atoms with Crippen LogP contribution in [0.15, 0.2) is 84.9 Å². The van der Waals surface area contributed by atoms with Crippen LogP contribution in [0.5, 0.6) is 0 Å². The lowest BCUT2D eigenvalue weighted by molar-refractivity contribution is 1.19. The molecule has 2 heterocycles. The van der Waals surface area contributed by atoms with E-state index in [4.69, 9.17) is 0 Å². The van der Waals surface area contributed by atoms with Gasteiger partial charge in [-0.05, 0) is 71.1 Å². The van der Waals surface area contributed by atoms with Gasteiger partial charge in [-0.15, -0.1) is 11.3 Å². The monoisotopic (exact) mass is 475 g/mol. The molecule has 0 atom stereocenters. The molecule has 0 saturated carbocycles. The first-order chi connectivity index (χ1) is 13.3. The first-order valence-corrected chi connectivity index (χ1v) is 10.8. The van der Waals surface area contributed by atoms with Crippen LogP contribution in [0.3, 0.4) is 0 Å². The predicted octanol–water partition coefficient (Wildman–Crippen LogP) is 7.76. The average molecular weight is 475 g/mol. The number of benzene rings is 4. The molecule has 0 saturated heterocycles. The third-order valence-electron chi connectivity index (χ3n) is 5.25. The highest BCUT2D eigenvalue weighted by Gasteiger charge is 2.13. The molecule has 3 heteroatoms. The van der Waals surface area contributed by atoms with Gasteiger partial charge in [-0.2, -0.15) is 0 Å². The summed E-state index contributed by atoms with van der Waals surface area (Å²) in [6, 6.07) is 31.0. The fourth-order valence-corrected chi connectivity index (χ4v) is 5.65. The third-order valence-corrected chi connectivity index (χ3v) is 7.08. The molecule has 2 aromatic heterocycles. The minimum atomic E-state index is 1.22. The van der Waals surface area contributed by atoms with E-state index in [1.54, 1.807) is 0 Å². The molecule has 0 bridgehead atoms. The van der Waals surface area contributed by atoms with Gasteiger partial charge in [-0.25, -0.2) is 0 Å². The van der Waals surface area contributed by atoms with E-state index < -0.39 is 0 Å². The van der Waals surface area contributed by atoms with Crippen LogP contribution in [-0.4, -0.2) is 4.57 Å². The van der Waals surface area contributed by atoms with Crippen LogP contribution < -0.4 is 0 Å². The van der Waals surface area contributed by atoms with Gasteiger partial charge in [0.15, 0.2) is 0 Å². The second-order valence-electron chi connectivity index (χ2n) is 6.79. The zero-order valence-electron chi connectivity index (χ0n) is 14.3. The van der Waals surface area contributed by atoms with Gasteiger partial charge in [0.1, 0.15) is 0 Å². The minimum absolute atomic E-state index is 1.22. The molecule has 0 spiro atoms. The Balaban J connectivity index is 1.75. The van der Waals surface area contributed by atoms with Crippen LogP contribution >= 0.6 is 33.9 Å². The highest BCUT2D eigenvalue weighted by atomic mass is 127. The summed E-state index contributed by atoms with van der Waals surface area (Å²) in [5.74, 6) is 0. The number of hydrogen-bond acceptors (Lipinski definition) is 1. The molecule has 0 N–H and O–H groups in total.